The normalized spacial score (nSPS) is 18.7. The van der Waals surface area contributed by atoms with Gasteiger partial charge in [0.2, 0.25) is 0 Å². The summed E-state index contributed by atoms with van der Waals surface area (Å²) in [6.45, 7) is 2.00. The molecule has 0 aromatic carbocycles. The second kappa shape index (κ2) is 5.33. The van der Waals surface area contributed by atoms with Gasteiger partial charge >= 0.3 is 0 Å². The summed E-state index contributed by atoms with van der Waals surface area (Å²) >= 11 is 0. The number of rotatable bonds is 2. The quantitative estimate of drug-likeness (QED) is 0.505. The average molecular weight is 190 g/mol. The van der Waals surface area contributed by atoms with Crippen molar-refractivity contribution in [3.63, 3.8) is 0 Å². The van der Waals surface area contributed by atoms with Crippen molar-refractivity contribution in [2.45, 2.75) is 12.6 Å². The lowest BCUT2D eigenvalue weighted by molar-refractivity contribution is 0.386. The third-order valence-corrected chi connectivity index (χ3v) is 2.47. The Morgan fingerprint density at radius 1 is 1.57 bits per heavy atom. The first kappa shape index (κ1) is 10.6. The predicted octanol–water partition coefficient (Wildman–Crippen LogP) is 0.360. The van der Waals surface area contributed by atoms with Crippen molar-refractivity contribution in [2.75, 3.05) is 20.1 Å². The minimum Gasteiger partial charge on any atom is -0.403 e. The molecule has 1 heterocycles. The number of nitrogens with two attached hydrogens (primary N) is 1. The van der Waals surface area contributed by atoms with Crippen LogP contribution in [0.5, 0.6) is 0 Å². The molecule has 0 spiro atoms. The summed E-state index contributed by atoms with van der Waals surface area (Å²) in [6.07, 6.45) is 5.17. The van der Waals surface area contributed by atoms with Gasteiger partial charge in [-0.15, -0.1) is 0 Å². The Balaban J connectivity index is 2.53. The standard InChI is InChI=1S/C9H15BN4/c1-13-7-9(6-11)14-4-2-10(8-12)3-5-14/h6-7H,2-5,11H2,1H3. The van der Waals surface area contributed by atoms with Crippen molar-refractivity contribution in [1.29, 1.82) is 5.26 Å². The summed E-state index contributed by atoms with van der Waals surface area (Å²) in [6, 6.07) is 0. The van der Waals surface area contributed by atoms with Crippen LogP contribution in [0.3, 0.4) is 0 Å². The molecule has 1 aliphatic heterocycles. The van der Waals surface area contributed by atoms with E-state index in [0.717, 1.165) is 31.4 Å². The summed E-state index contributed by atoms with van der Waals surface area (Å²) < 4.78 is 0. The molecule has 0 atom stereocenters. The van der Waals surface area contributed by atoms with Gasteiger partial charge in [-0.1, -0.05) is 0 Å². The lowest BCUT2D eigenvalue weighted by Crippen LogP contribution is -2.36. The van der Waals surface area contributed by atoms with Gasteiger partial charge in [0.25, 0.3) is 6.71 Å². The Kier molecular flexibility index (Phi) is 4.05. The first-order valence-electron chi connectivity index (χ1n) is 4.80. The number of hydrogen-bond donors (Lipinski definition) is 1. The largest absolute Gasteiger partial charge is 0.403 e. The van der Waals surface area contributed by atoms with Gasteiger partial charge in [0.1, 0.15) is 0 Å². The monoisotopic (exact) mass is 190 g/mol. The fourth-order valence-electron chi connectivity index (χ4n) is 1.63. The minimum absolute atomic E-state index is 0.212. The van der Waals surface area contributed by atoms with Crippen LogP contribution in [0.25, 0.3) is 0 Å². The summed E-state index contributed by atoms with van der Waals surface area (Å²) in [7, 11) is 1.73. The van der Waals surface area contributed by atoms with Crippen LogP contribution in [-0.4, -0.2) is 38.0 Å². The molecule has 0 aromatic heterocycles. The van der Waals surface area contributed by atoms with Gasteiger partial charge in [0, 0.05) is 38.5 Å². The lowest BCUT2D eigenvalue weighted by Gasteiger charge is -2.30. The Labute approximate surface area is 85.2 Å². The summed E-state index contributed by atoms with van der Waals surface area (Å²) in [5.41, 5.74) is 6.44. The van der Waals surface area contributed by atoms with E-state index in [9.17, 15) is 0 Å². The van der Waals surface area contributed by atoms with Crippen molar-refractivity contribution < 1.29 is 0 Å². The molecule has 4 nitrogen and oxygen atoms in total. The van der Waals surface area contributed by atoms with E-state index < -0.39 is 0 Å². The van der Waals surface area contributed by atoms with E-state index in [1.165, 1.54) is 0 Å². The van der Waals surface area contributed by atoms with Crippen molar-refractivity contribution >= 4 is 12.9 Å². The van der Waals surface area contributed by atoms with Gasteiger partial charge in [0.15, 0.2) is 0 Å². The number of nitriles is 1. The second-order valence-electron chi connectivity index (χ2n) is 3.37. The van der Waals surface area contributed by atoms with E-state index in [-0.39, 0.29) is 6.71 Å². The van der Waals surface area contributed by atoms with E-state index in [1.807, 2.05) is 0 Å². The Hall–Kier alpha value is -1.44. The maximum absolute atomic E-state index is 8.74. The van der Waals surface area contributed by atoms with Crippen molar-refractivity contribution in [3.8, 4) is 5.97 Å². The fourth-order valence-corrected chi connectivity index (χ4v) is 1.63. The van der Waals surface area contributed by atoms with Crippen molar-refractivity contribution in [3.05, 3.63) is 11.9 Å². The molecule has 0 aromatic rings. The van der Waals surface area contributed by atoms with Gasteiger partial charge in [-0.05, 0) is 12.6 Å². The highest BCUT2D eigenvalue weighted by atomic mass is 15.1. The lowest BCUT2D eigenvalue weighted by atomic mass is 9.45. The molecule has 5 heteroatoms. The van der Waals surface area contributed by atoms with Gasteiger partial charge in [-0.2, -0.15) is 0 Å². The molecular formula is C9H15BN4. The molecule has 1 fully saturated rings. The summed E-state index contributed by atoms with van der Waals surface area (Å²) in [4.78, 5) is 6.11. The smallest absolute Gasteiger partial charge is 0.271 e. The van der Waals surface area contributed by atoms with Crippen molar-refractivity contribution in [1.82, 2.24) is 4.90 Å². The Morgan fingerprint density at radius 3 is 2.64 bits per heavy atom. The molecule has 0 saturated carbocycles. The van der Waals surface area contributed by atoms with Crippen LogP contribution in [0, 0.1) is 11.2 Å². The van der Waals surface area contributed by atoms with Gasteiger partial charge < -0.3 is 10.6 Å². The van der Waals surface area contributed by atoms with E-state index >= 15 is 0 Å². The SMILES string of the molecule is CN=CC(=CN)N1CCB(C#N)CC1. The van der Waals surface area contributed by atoms with Crippen LogP contribution in [0.15, 0.2) is 16.9 Å². The fraction of sp³-hybridized carbons (Fsp3) is 0.556. The second-order valence-corrected chi connectivity index (χ2v) is 3.37. The van der Waals surface area contributed by atoms with Gasteiger partial charge in [0.05, 0.1) is 5.70 Å². The highest BCUT2D eigenvalue weighted by molar-refractivity contribution is 6.67. The molecule has 0 amide bonds. The first-order chi connectivity index (χ1) is 6.81. The van der Waals surface area contributed by atoms with Gasteiger partial charge in [-0.25, -0.2) is 5.26 Å². The zero-order chi connectivity index (χ0) is 10.4. The van der Waals surface area contributed by atoms with E-state index in [0.29, 0.717) is 0 Å². The van der Waals surface area contributed by atoms with E-state index in [1.54, 1.807) is 19.5 Å². The molecule has 0 unspecified atom stereocenters. The molecule has 0 aliphatic carbocycles. The van der Waals surface area contributed by atoms with Crippen LogP contribution < -0.4 is 5.73 Å². The maximum atomic E-state index is 8.74. The molecule has 0 bridgehead atoms. The number of hydrogen-bond acceptors (Lipinski definition) is 4. The Morgan fingerprint density at radius 2 is 2.21 bits per heavy atom. The summed E-state index contributed by atoms with van der Waals surface area (Å²) in [5.74, 6) is 2.30. The first-order valence-corrected chi connectivity index (χ1v) is 4.80. The molecule has 1 aliphatic rings. The van der Waals surface area contributed by atoms with Crippen LogP contribution in [0.2, 0.25) is 12.6 Å². The molecule has 2 N–H and O–H groups in total. The third-order valence-electron chi connectivity index (χ3n) is 2.47. The Bertz CT molecular complexity index is 271. The zero-order valence-electron chi connectivity index (χ0n) is 8.48. The van der Waals surface area contributed by atoms with E-state index in [2.05, 4.69) is 15.9 Å². The zero-order valence-corrected chi connectivity index (χ0v) is 8.48. The van der Waals surface area contributed by atoms with Crippen LogP contribution in [-0.2, 0) is 0 Å². The van der Waals surface area contributed by atoms with Crippen LogP contribution in [0.4, 0.5) is 0 Å². The molecule has 74 valence electrons. The van der Waals surface area contributed by atoms with E-state index in [4.69, 9.17) is 11.0 Å². The van der Waals surface area contributed by atoms with Crippen molar-refractivity contribution in [2.24, 2.45) is 10.7 Å². The molecule has 0 radical (unpaired) electrons. The van der Waals surface area contributed by atoms with Crippen LogP contribution in [0.1, 0.15) is 0 Å². The molecule has 14 heavy (non-hydrogen) atoms. The number of aliphatic imine (C=N–C) groups is 1. The molecule has 1 saturated heterocycles. The summed E-state index contributed by atoms with van der Waals surface area (Å²) in [5, 5.41) is 8.74. The predicted molar refractivity (Wildman–Crippen MR) is 59.2 cm³/mol. The highest BCUT2D eigenvalue weighted by Crippen LogP contribution is 2.14. The topological polar surface area (TPSA) is 65.4 Å². The number of allylic oxidation sites excluding steroid dienone is 1. The maximum Gasteiger partial charge on any atom is 0.271 e. The minimum atomic E-state index is 0.212. The molecular weight excluding hydrogens is 175 g/mol. The highest BCUT2D eigenvalue weighted by Gasteiger charge is 2.22. The molecule has 1 rings (SSSR count). The average Bonchev–Trinajstić information content (AvgIpc) is 2.26. The number of nitrogens with zero attached hydrogens (tertiary/aromatic N) is 3. The van der Waals surface area contributed by atoms with Crippen LogP contribution >= 0.6 is 0 Å². The van der Waals surface area contributed by atoms with Gasteiger partial charge in [-0.3, -0.25) is 4.99 Å². The third kappa shape index (κ3) is 2.53.